The normalized spacial score (nSPS) is 27.1. The summed E-state index contributed by atoms with van der Waals surface area (Å²) in [7, 11) is 0. The molecule has 2 aliphatic heterocycles. The number of nitrogens with one attached hydrogen (secondary N) is 2. The van der Waals surface area contributed by atoms with Gasteiger partial charge in [0.2, 0.25) is 5.91 Å². The average Bonchev–Trinajstić information content (AvgIpc) is 3.14. The molecule has 0 bridgehead atoms. The van der Waals surface area contributed by atoms with Crippen molar-refractivity contribution < 1.29 is 9.53 Å². The number of imidazole rings is 1. The Balaban J connectivity index is 1.54. The standard InChI is InChI=1S/C17H22N4O2/c1-12-14(21-6-3-2-4-15(21)20-12)9-19-16(22)17-10-18-8-13(17)5-7-23-11-17/h2-4,6,13,18H,5,7-11H2,1H3,(H,19,22)/t13-,17+/m1/s1. The second-order valence-corrected chi connectivity index (χ2v) is 6.58. The van der Waals surface area contributed by atoms with Crippen molar-refractivity contribution in [3.8, 4) is 0 Å². The van der Waals surface area contributed by atoms with Crippen molar-refractivity contribution in [1.29, 1.82) is 0 Å². The molecule has 0 aliphatic carbocycles. The van der Waals surface area contributed by atoms with Gasteiger partial charge in [-0.05, 0) is 37.9 Å². The average molecular weight is 314 g/mol. The molecule has 6 heteroatoms. The Morgan fingerprint density at radius 2 is 2.48 bits per heavy atom. The fourth-order valence-electron chi connectivity index (χ4n) is 3.88. The van der Waals surface area contributed by atoms with Crippen LogP contribution in [0.15, 0.2) is 24.4 Å². The van der Waals surface area contributed by atoms with Crippen LogP contribution in [0.5, 0.6) is 0 Å². The molecule has 2 N–H and O–H groups in total. The number of pyridine rings is 1. The molecular formula is C17H22N4O2. The third-order valence-corrected chi connectivity index (χ3v) is 5.28. The molecular weight excluding hydrogens is 292 g/mol. The molecule has 4 rings (SSSR count). The lowest BCUT2D eigenvalue weighted by molar-refractivity contribution is -0.141. The zero-order chi connectivity index (χ0) is 15.9. The zero-order valence-corrected chi connectivity index (χ0v) is 13.3. The van der Waals surface area contributed by atoms with Gasteiger partial charge in [-0.2, -0.15) is 0 Å². The number of nitrogens with zero attached hydrogens (tertiary/aromatic N) is 2. The molecule has 0 aromatic carbocycles. The molecule has 0 saturated carbocycles. The van der Waals surface area contributed by atoms with Gasteiger partial charge in [0.15, 0.2) is 0 Å². The number of ether oxygens (including phenoxy) is 1. The van der Waals surface area contributed by atoms with Crippen molar-refractivity contribution in [3.63, 3.8) is 0 Å². The van der Waals surface area contributed by atoms with Gasteiger partial charge in [-0.25, -0.2) is 4.98 Å². The summed E-state index contributed by atoms with van der Waals surface area (Å²) in [5, 5.41) is 6.49. The summed E-state index contributed by atoms with van der Waals surface area (Å²) in [5.74, 6) is 0.469. The summed E-state index contributed by atoms with van der Waals surface area (Å²) in [6.45, 7) is 5.36. The van der Waals surface area contributed by atoms with Crippen LogP contribution in [0.1, 0.15) is 17.8 Å². The second kappa shape index (κ2) is 5.62. The molecule has 2 saturated heterocycles. The maximum atomic E-state index is 12.9. The van der Waals surface area contributed by atoms with E-state index in [0.29, 0.717) is 25.6 Å². The number of aryl methyl sites for hydroxylation is 1. The first-order valence-corrected chi connectivity index (χ1v) is 8.20. The molecule has 2 aromatic rings. The minimum absolute atomic E-state index is 0.0949. The molecule has 122 valence electrons. The van der Waals surface area contributed by atoms with Gasteiger partial charge in [0.1, 0.15) is 5.65 Å². The smallest absolute Gasteiger partial charge is 0.230 e. The third-order valence-electron chi connectivity index (χ3n) is 5.28. The Kier molecular flexibility index (Phi) is 3.58. The van der Waals surface area contributed by atoms with Crippen LogP contribution in [-0.2, 0) is 16.1 Å². The van der Waals surface area contributed by atoms with Crippen LogP contribution in [-0.4, -0.2) is 41.6 Å². The number of carbonyl (C=O) groups excluding carboxylic acids is 1. The molecule has 6 nitrogen and oxygen atoms in total. The van der Waals surface area contributed by atoms with Crippen molar-refractivity contribution in [3.05, 3.63) is 35.8 Å². The molecule has 0 radical (unpaired) electrons. The topological polar surface area (TPSA) is 67.7 Å². The predicted molar refractivity (Wildman–Crippen MR) is 86.0 cm³/mol. The Labute approximate surface area is 135 Å². The second-order valence-electron chi connectivity index (χ2n) is 6.58. The lowest BCUT2D eigenvalue weighted by Crippen LogP contribution is -2.51. The number of hydrogen-bond donors (Lipinski definition) is 2. The van der Waals surface area contributed by atoms with Gasteiger partial charge in [-0.1, -0.05) is 6.07 Å². The highest BCUT2D eigenvalue weighted by molar-refractivity contribution is 5.84. The third kappa shape index (κ3) is 2.33. The van der Waals surface area contributed by atoms with E-state index in [0.717, 1.165) is 36.6 Å². The maximum Gasteiger partial charge on any atom is 0.230 e. The quantitative estimate of drug-likeness (QED) is 0.883. The summed E-state index contributed by atoms with van der Waals surface area (Å²) in [4.78, 5) is 17.4. The maximum absolute atomic E-state index is 12.9. The number of hydrogen-bond acceptors (Lipinski definition) is 4. The van der Waals surface area contributed by atoms with E-state index in [2.05, 4.69) is 15.6 Å². The molecule has 1 amide bonds. The van der Waals surface area contributed by atoms with Crippen molar-refractivity contribution in [2.75, 3.05) is 26.3 Å². The van der Waals surface area contributed by atoms with Gasteiger partial charge in [0.25, 0.3) is 0 Å². The van der Waals surface area contributed by atoms with Gasteiger partial charge >= 0.3 is 0 Å². The molecule has 0 spiro atoms. The number of rotatable bonds is 3. The van der Waals surface area contributed by atoms with Crippen LogP contribution in [0.3, 0.4) is 0 Å². The van der Waals surface area contributed by atoms with E-state index < -0.39 is 5.41 Å². The van der Waals surface area contributed by atoms with Crippen molar-refractivity contribution in [2.45, 2.75) is 19.9 Å². The highest BCUT2D eigenvalue weighted by Crippen LogP contribution is 2.37. The lowest BCUT2D eigenvalue weighted by Gasteiger charge is -2.36. The zero-order valence-electron chi connectivity index (χ0n) is 13.3. The van der Waals surface area contributed by atoms with Gasteiger partial charge in [0, 0.05) is 19.3 Å². The first kappa shape index (κ1) is 14.7. The molecule has 2 fully saturated rings. The molecule has 23 heavy (non-hydrogen) atoms. The molecule has 4 heterocycles. The Bertz CT molecular complexity index is 741. The van der Waals surface area contributed by atoms with E-state index in [1.54, 1.807) is 0 Å². The van der Waals surface area contributed by atoms with Crippen molar-refractivity contribution in [1.82, 2.24) is 20.0 Å². The highest BCUT2D eigenvalue weighted by atomic mass is 16.5. The highest BCUT2D eigenvalue weighted by Gasteiger charge is 2.50. The Morgan fingerprint density at radius 3 is 3.39 bits per heavy atom. The van der Waals surface area contributed by atoms with Crippen LogP contribution >= 0.6 is 0 Å². The van der Waals surface area contributed by atoms with E-state index in [1.807, 2.05) is 35.7 Å². The molecule has 2 atom stereocenters. The van der Waals surface area contributed by atoms with Gasteiger partial charge in [0.05, 0.1) is 30.0 Å². The van der Waals surface area contributed by atoms with Crippen LogP contribution in [0.25, 0.3) is 5.65 Å². The van der Waals surface area contributed by atoms with Crippen LogP contribution in [0.4, 0.5) is 0 Å². The minimum Gasteiger partial charge on any atom is -0.380 e. The Hall–Kier alpha value is -1.92. The van der Waals surface area contributed by atoms with Crippen LogP contribution in [0.2, 0.25) is 0 Å². The number of fused-ring (bicyclic) bond motifs is 2. The van der Waals surface area contributed by atoms with Crippen molar-refractivity contribution in [2.24, 2.45) is 11.3 Å². The Morgan fingerprint density at radius 1 is 1.57 bits per heavy atom. The summed E-state index contributed by atoms with van der Waals surface area (Å²) in [6, 6.07) is 5.92. The number of aromatic nitrogens is 2. The van der Waals surface area contributed by atoms with Crippen molar-refractivity contribution >= 4 is 11.6 Å². The monoisotopic (exact) mass is 314 g/mol. The summed E-state index contributed by atoms with van der Waals surface area (Å²) >= 11 is 0. The number of carbonyl (C=O) groups is 1. The van der Waals surface area contributed by atoms with Gasteiger partial charge < -0.3 is 19.8 Å². The minimum atomic E-state index is -0.410. The molecule has 0 unspecified atom stereocenters. The van der Waals surface area contributed by atoms with E-state index in [1.165, 1.54) is 0 Å². The molecule has 2 aromatic heterocycles. The first-order valence-electron chi connectivity index (χ1n) is 8.20. The lowest BCUT2D eigenvalue weighted by atomic mass is 9.75. The van der Waals surface area contributed by atoms with E-state index in [-0.39, 0.29) is 5.91 Å². The summed E-state index contributed by atoms with van der Waals surface area (Å²) < 4.78 is 7.66. The first-order chi connectivity index (χ1) is 11.2. The fraction of sp³-hybridized carbons (Fsp3) is 0.529. The SMILES string of the molecule is Cc1nc2ccccn2c1CNC(=O)[C@]12CNC[C@H]1CCOC2. The van der Waals surface area contributed by atoms with E-state index >= 15 is 0 Å². The van der Waals surface area contributed by atoms with Crippen LogP contribution < -0.4 is 10.6 Å². The van der Waals surface area contributed by atoms with E-state index in [9.17, 15) is 4.79 Å². The van der Waals surface area contributed by atoms with Gasteiger partial charge in [-0.3, -0.25) is 4.79 Å². The van der Waals surface area contributed by atoms with Gasteiger partial charge in [-0.15, -0.1) is 0 Å². The van der Waals surface area contributed by atoms with Crippen LogP contribution in [0, 0.1) is 18.3 Å². The largest absolute Gasteiger partial charge is 0.380 e. The van der Waals surface area contributed by atoms with E-state index in [4.69, 9.17) is 4.74 Å². The summed E-state index contributed by atoms with van der Waals surface area (Å²) in [5.41, 5.74) is 2.49. The summed E-state index contributed by atoms with van der Waals surface area (Å²) in [6.07, 6.45) is 2.94. The number of amides is 1. The fourth-order valence-corrected chi connectivity index (χ4v) is 3.88. The predicted octanol–water partition coefficient (Wildman–Crippen LogP) is 0.885. The molecule has 2 aliphatic rings.